The topological polar surface area (TPSA) is 0 Å². The fraction of sp³-hybridized carbons (Fsp3) is 0.875. The van der Waals surface area contributed by atoms with Gasteiger partial charge < -0.3 is 4.48 Å². The molecule has 0 aromatic heterocycles. The van der Waals surface area contributed by atoms with Crippen molar-refractivity contribution in [3.05, 3.63) is 11.6 Å². The van der Waals surface area contributed by atoms with Crippen molar-refractivity contribution in [3.8, 4) is 0 Å². The molecule has 1 aliphatic heterocycles. The number of hydrogen-bond donors (Lipinski definition) is 0. The maximum Gasteiger partial charge on any atom is 0.0821 e. The Kier molecular flexibility index (Phi) is 3.97. The Hall–Kier alpha value is -0.300. The lowest BCUT2D eigenvalue weighted by Crippen LogP contribution is -2.52. The highest BCUT2D eigenvalue weighted by atomic mass is 15.3. The lowest BCUT2D eigenvalue weighted by molar-refractivity contribution is -0.918. The molecular formula is C16H30N+. The van der Waals surface area contributed by atoms with Gasteiger partial charge in [0.2, 0.25) is 0 Å². The standard InChI is InChI=1S/C16H30N/c1-13-10-14(2)16(15(3)11-13)12-17(4)8-6-5-7-9-17/h10,14-16H,5-9,11-12H2,1-4H3/q+1/t14-,15-,16-/m1/s1. The second-order valence-electron chi connectivity index (χ2n) is 7.03. The van der Waals surface area contributed by atoms with Gasteiger partial charge in [-0.3, -0.25) is 0 Å². The first-order chi connectivity index (χ1) is 8.00. The van der Waals surface area contributed by atoms with Crippen molar-refractivity contribution in [2.75, 3.05) is 26.7 Å². The van der Waals surface area contributed by atoms with E-state index in [-0.39, 0.29) is 0 Å². The lowest BCUT2D eigenvalue weighted by atomic mass is 9.74. The van der Waals surface area contributed by atoms with E-state index in [1.54, 1.807) is 5.57 Å². The van der Waals surface area contributed by atoms with E-state index >= 15 is 0 Å². The van der Waals surface area contributed by atoms with Crippen molar-refractivity contribution in [2.45, 2.75) is 46.5 Å². The second-order valence-corrected chi connectivity index (χ2v) is 7.03. The van der Waals surface area contributed by atoms with Gasteiger partial charge in [-0.05, 0) is 44.4 Å². The third-order valence-electron chi connectivity index (χ3n) is 5.15. The molecule has 1 nitrogen and oxygen atoms in total. The first kappa shape index (κ1) is 13.1. The molecule has 0 N–H and O–H groups in total. The highest BCUT2D eigenvalue weighted by Crippen LogP contribution is 2.35. The van der Waals surface area contributed by atoms with Crippen LogP contribution in [0.4, 0.5) is 0 Å². The predicted octanol–water partition coefficient (Wildman–Crippen LogP) is 3.86. The van der Waals surface area contributed by atoms with Gasteiger partial charge in [-0.2, -0.15) is 0 Å². The first-order valence-electron chi connectivity index (χ1n) is 7.51. The van der Waals surface area contributed by atoms with Crippen LogP contribution in [0.5, 0.6) is 0 Å². The smallest absolute Gasteiger partial charge is 0.0821 e. The Morgan fingerprint density at radius 1 is 1.18 bits per heavy atom. The molecule has 2 aliphatic rings. The fourth-order valence-electron chi connectivity index (χ4n) is 4.13. The molecule has 98 valence electrons. The third kappa shape index (κ3) is 3.13. The maximum atomic E-state index is 2.53. The SMILES string of the molecule is CC1=C[C@@H](C)[C@@H](C[N+]2(C)CCCCC2)[C@H](C)C1. The molecule has 1 fully saturated rings. The second kappa shape index (κ2) is 5.14. The van der Waals surface area contributed by atoms with Crippen molar-refractivity contribution >= 4 is 0 Å². The van der Waals surface area contributed by atoms with Crippen molar-refractivity contribution < 1.29 is 4.48 Å². The normalized spacial score (nSPS) is 37.6. The highest BCUT2D eigenvalue weighted by Gasteiger charge is 2.35. The summed E-state index contributed by atoms with van der Waals surface area (Å²) in [5.41, 5.74) is 1.61. The van der Waals surface area contributed by atoms with Crippen LogP contribution in [-0.2, 0) is 0 Å². The van der Waals surface area contributed by atoms with E-state index in [0.29, 0.717) is 0 Å². The van der Waals surface area contributed by atoms with Crippen molar-refractivity contribution in [3.63, 3.8) is 0 Å². The van der Waals surface area contributed by atoms with Crippen LogP contribution >= 0.6 is 0 Å². The molecule has 3 atom stereocenters. The third-order valence-corrected chi connectivity index (χ3v) is 5.15. The molecule has 1 aliphatic carbocycles. The Morgan fingerprint density at radius 3 is 2.41 bits per heavy atom. The van der Waals surface area contributed by atoms with Gasteiger partial charge in [0.25, 0.3) is 0 Å². The van der Waals surface area contributed by atoms with Crippen LogP contribution in [0.2, 0.25) is 0 Å². The molecule has 0 spiro atoms. The summed E-state index contributed by atoms with van der Waals surface area (Å²) in [5, 5.41) is 0. The number of likely N-dealkylation sites (tertiary alicyclic amines) is 1. The average Bonchev–Trinajstić information content (AvgIpc) is 2.24. The monoisotopic (exact) mass is 236 g/mol. The number of nitrogens with zero attached hydrogens (tertiary/aromatic N) is 1. The van der Waals surface area contributed by atoms with Gasteiger partial charge in [-0.25, -0.2) is 0 Å². The number of piperidine rings is 1. The van der Waals surface area contributed by atoms with E-state index in [4.69, 9.17) is 0 Å². The molecule has 2 rings (SSSR count). The van der Waals surface area contributed by atoms with Crippen molar-refractivity contribution in [1.82, 2.24) is 0 Å². The molecule has 0 bridgehead atoms. The summed E-state index contributed by atoms with van der Waals surface area (Å²) in [7, 11) is 2.49. The van der Waals surface area contributed by atoms with Crippen LogP contribution in [0.15, 0.2) is 11.6 Å². The summed E-state index contributed by atoms with van der Waals surface area (Å²) in [6.45, 7) is 11.4. The molecule has 0 amide bonds. The van der Waals surface area contributed by atoms with Crippen molar-refractivity contribution in [2.24, 2.45) is 17.8 Å². The van der Waals surface area contributed by atoms with Crippen LogP contribution in [0.25, 0.3) is 0 Å². The van der Waals surface area contributed by atoms with E-state index < -0.39 is 0 Å². The van der Waals surface area contributed by atoms with E-state index in [1.165, 1.54) is 49.8 Å². The zero-order chi connectivity index (χ0) is 12.5. The minimum Gasteiger partial charge on any atom is -0.326 e. The molecule has 17 heavy (non-hydrogen) atoms. The molecule has 0 saturated carbocycles. The van der Waals surface area contributed by atoms with Crippen LogP contribution in [0.3, 0.4) is 0 Å². The number of hydrogen-bond acceptors (Lipinski definition) is 0. The summed E-state index contributed by atoms with van der Waals surface area (Å²) < 4.78 is 1.34. The quantitative estimate of drug-likeness (QED) is 0.504. The van der Waals surface area contributed by atoms with E-state index in [0.717, 1.165) is 17.8 Å². The molecule has 1 heterocycles. The molecule has 0 aromatic rings. The largest absolute Gasteiger partial charge is 0.326 e. The highest BCUT2D eigenvalue weighted by molar-refractivity contribution is 5.08. The number of rotatable bonds is 2. The van der Waals surface area contributed by atoms with E-state index in [1.807, 2.05) is 0 Å². The van der Waals surface area contributed by atoms with Crippen LogP contribution in [0, 0.1) is 17.8 Å². The molecular weight excluding hydrogens is 206 g/mol. The Balaban J connectivity index is 2.02. The first-order valence-corrected chi connectivity index (χ1v) is 7.51. The summed E-state index contributed by atoms with van der Waals surface area (Å²) in [5.74, 6) is 2.57. The molecule has 0 unspecified atom stereocenters. The Labute approximate surface area is 107 Å². The zero-order valence-electron chi connectivity index (χ0n) is 12.2. The van der Waals surface area contributed by atoms with Gasteiger partial charge in [0.15, 0.2) is 0 Å². The molecule has 0 radical (unpaired) electrons. The predicted molar refractivity (Wildman–Crippen MR) is 74.8 cm³/mol. The van der Waals surface area contributed by atoms with E-state index in [2.05, 4.69) is 33.9 Å². The average molecular weight is 236 g/mol. The molecule has 1 heteroatoms. The minimum atomic E-state index is 0.788. The Bertz CT molecular complexity index is 286. The van der Waals surface area contributed by atoms with Gasteiger partial charge in [-0.15, -0.1) is 0 Å². The Morgan fingerprint density at radius 2 is 1.82 bits per heavy atom. The van der Waals surface area contributed by atoms with Gasteiger partial charge in [-0.1, -0.05) is 25.5 Å². The summed E-state index contributed by atoms with van der Waals surface area (Å²) in [4.78, 5) is 0. The van der Waals surface area contributed by atoms with Gasteiger partial charge in [0.1, 0.15) is 0 Å². The number of quaternary nitrogens is 1. The van der Waals surface area contributed by atoms with Crippen LogP contribution in [0.1, 0.15) is 46.5 Å². The summed E-state index contributed by atoms with van der Waals surface area (Å²) >= 11 is 0. The minimum absolute atomic E-state index is 0.788. The van der Waals surface area contributed by atoms with E-state index in [9.17, 15) is 0 Å². The maximum absolute atomic E-state index is 2.53. The van der Waals surface area contributed by atoms with Gasteiger partial charge in [0.05, 0.1) is 26.7 Å². The van der Waals surface area contributed by atoms with Crippen LogP contribution < -0.4 is 0 Å². The van der Waals surface area contributed by atoms with Gasteiger partial charge >= 0.3 is 0 Å². The van der Waals surface area contributed by atoms with Gasteiger partial charge in [0, 0.05) is 5.92 Å². The fourth-order valence-corrected chi connectivity index (χ4v) is 4.13. The zero-order valence-corrected chi connectivity index (χ0v) is 12.2. The molecule has 1 saturated heterocycles. The summed E-state index contributed by atoms with van der Waals surface area (Å²) in [6, 6.07) is 0. The lowest BCUT2D eigenvalue weighted by Gasteiger charge is -2.44. The molecule has 0 aromatic carbocycles. The van der Waals surface area contributed by atoms with Crippen LogP contribution in [-0.4, -0.2) is 31.2 Å². The summed E-state index contributed by atoms with van der Waals surface area (Å²) in [6.07, 6.45) is 8.21. The number of allylic oxidation sites excluding steroid dienone is 2. The van der Waals surface area contributed by atoms with Crippen molar-refractivity contribution in [1.29, 1.82) is 0 Å².